The number of rotatable bonds is 9. The van der Waals surface area contributed by atoms with Gasteiger partial charge in [-0.15, -0.1) is 0 Å². The second kappa shape index (κ2) is 13.4. The van der Waals surface area contributed by atoms with Crippen LogP contribution >= 0.6 is 0 Å². The Bertz CT molecular complexity index is 1650. The Hall–Kier alpha value is -3.99. The largest absolute Gasteiger partial charge is 0.496 e. The average molecular weight is 671 g/mol. The SMILES string of the molecule is COc1ccc(C23CCC(C(NC(=O)C4CCC(OC(=O)N5CC(O)C5)CC4)c4cncc(-c5cnn(C(C)C)c5)n4)(CC2)CC3)cc1C. The number of fused-ring (bicyclic) bond motifs is 3. The van der Waals surface area contributed by atoms with Gasteiger partial charge in [0, 0.05) is 23.7 Å². The van der Waals surface area contributed by atoms with E-state index in [1.807, 2.05) is 23.3 Å². The zero-order valence-corrected chi connectivity index (χ0v) is 29.2. The molecule has 4 aliphatic carbocycles. The lowest BCUT2D eigenvalue weighted by molar-refractivity contribution is -0.129. The van der Waals surface area contributed by atoms with Gasteiger partial charge in [0.15, 0.2) is 0 Å². The first-order valence-corrected chi connectivity index (χ1v) is 18.0. The smallest absolute Gasteiger partial charge is 0.410 e. The van der Waals surface area contributed by atoms with Crippen LogP contribution in [-0.4, -0.2) is 74.2 Å². The summed E-state index contributed by atoms with van der Waals surface area (Å²) in [6, 6.07) is 6.63. The average Bonchev–Trinajstić information content (AvgIpc) is 3.61. The van der Waals surface area contributed by atoms with E-state index in [9.17, 15) is 14.7 Å². The number of ether oxygens (including phenoxy) is 2. The van der Waals surface area contributed by atoms with Gasteiger partial charge in [0.1, 0.15) is 11.9 Å². The third-order valence-corrected chi connectivity index (χ3v) is 12.0. The number of benzene rings is 1. The second-order valence-corrected chi connectivity index (χ2v) is 15.3. The number of aryl methyl sites for hydroxylation is 1. The van der Waals surface area contributed by atoms with Crippen LogP contribution in [0.4, 0.5) is 4.79 Å². The van der Waals surface area contributed by atoms with Gasteiger partial charge in [0.25, 0.3) is 0 Å². The van der Waals surface area contributed by atoms with Crippen molar-refractivity contribution in [3.8, 4) is 17.0 Å². The summed E-state index contributed by atoms with van der Waals surface area (Å²) in [6.45, 7) is 6.96. The highest BCUT2D eigenvalue weighted by atomic mass is 16.6. The third kappa shape index (κ3) is 6.54. The number of methoxy groups -OCH3 is 1. The molecule has 2 aromatic heterocycles. The fraction of sp³-hybridized carbons (Fsp3) is 0.605. The Morgan fingerprint density at radius 3 is 2.33 bits per heavy atom. The summed E-state index contributed by atoms with van der Waals surface area (Å²) in [5.41, 5.74) is 5.04. The maximum Gasteiger partial charge on any atom is 0.410 e. The molecule has 0 radical (unpaired) electrons. The van der Waals surface area contributed by atoms with Gasteiger partial charge in [0.2, 0.25) is 5.91 Å². The molecule has 8 rings (SSSR count). The molecule has 2 N–H and O–H groups in total. The fourth-order valence-electron chi connectivity index (χ4n) is 8.77. The van der Waals surface area contributed by atoms with Crippen LogP contribution in [0.3, 0.4) is 0 Å². The number of likely N-dealkylation sites (tertiary alicyclic amines) is 1. The van der Waals surface area contributed by atoms with E-state index in [-0.39, 0.29) is 46.9 Å². The summed E-state index contributed by atoms with van der Waals surface area (Å²) < 4.78 is 13.2. The molecule has 5 aliphatic rings. The van der Waals surface area contributed by atoms with Crippen LogP contribution in [0.2, 0.25) is 0 Å². The van der Waals surface area contributed by atoms with Crippen molar-refractivity contribution in [2.24, 2.45) is 11.3 Å². The summed E-state index contributed by atoms with van der Waals surface area (Å²) in [4.78, 5) is 37.9. The van der Waals surface area contributed by atoms with Gasteiger partial charge in [-0.3, -0.25) is 14.5 Å². The lowest BCUT2D eigenvalue weighted by Gasteiger charge is -2.56. The number of carbonyl (C=O) groups excluding carboxylic acids is 2. The van der Waals surface area contributed by atoms with Gasteiger partial charge in [-0.05, 0) is 113 Å². The molecule has 11 heteroatoms. The molecule has 1 aromatic carbocycles. The van der Waals surface area contributed by atoms with E-state index in [0.717, 1.165) is 61.2 Å². The van der Waals surface area contributed by atoms with Crippen molar-refractivity contribution in [2.75, 3.05) is 20.2 Å². The highest BCUT2D eigenvalue weighted by molar-refractivity contribution is 5.79. The van der Waals surface area contributed by atoms with Crippen LogP contribution in [-0.2, 0) is 14.9 Å². The minimum atomic E-state index is -0.459. The van der Waals surface area contributed by atoms with E-state index in [1.165, 1.54) is 16.0 Å². The summed E-state index contributed by atoms with van der Waals surface area (Å²) >= 11 is 0. The number of nitrogens with one attached hydrogen (secondary N) is 1. The minimum Gasteiger partial charge on any atom is -0.496 e. The number of β-amino-alcohol motifs (C(OH)–C–C–N with tert-alkyl or cyclic N) is 1. The van der Waals surface area contributed by atoms with Crippen LogP contribution in [0.1, 0.15) is 107 Å². The van der Waals surface area contributed by atoms with Crippen molar-refractivity contribution in [1.82, 2.24) is 30.0 Å². The summed E-state index contributed by atoms with van der Waals surface area (Å²) in [6.07, 6.45) is 15.2. The molecular formula is C38H50N6O5. The third-order valence-electron chi connectivity index (χ3n) is 12.0. The number of aromatic nitrogens is 4. The maximum absolute atomic E-state index is 14.1. The number of aliphatic hydroxyl groups is 1. The quantitative estimate of drug-likeness (QED) is 0.281. The number of hydrogen-bond acceptors (Lipinski definition) is 8. The van der Waals surface area contributed by atoms with E-state index in [2.05, 4.69) is 54.4 Å². The maximum atomic E-state index is 14.1. The molecule has 4 saturated carbocycles. The summed E-state index contributed by atoms with van der Waals surface area (Å²) in [5.74, 6) is 0.807. The van der Waals surface area contributed by atoms with Crippen LogP contribution < -0.4 is 10.1 Å². The number of nitrogens with zero attached hydrogens (tertiary/aromatic N) is 5. The van der Waals surface area contributed by atoms with Crippen molar-refractivity contribution in [3.05, 3.63) is 59.8 Å². The van der Waals surface area contributed by atoms with E-state index in [4.69, 9.17) is 14.5 Å². The second-order valence-electron chi connectivity index (χ2n) is 15.3. The van der Waals surface area contributed by atoms with Crippen LogP contribution in [0, 0.1) is 18.3 Å². The van der Waals surface area contributed by atoms with Gasteiger partial charge in [-0.2, -0.15) is 5.10 Å². The molecule has 1 aliphatic heterocycles. The first kappa shape index (κ1) is 33.5. The summed E-state index contributed by atoms with van der Waals surface area (Å²) in [5, 5.41) is 17.6. The van der Waals surface area contributed by atoms with Gasteiger partial charge in [-0.1, -0.05) is 12.1 Å². The number of amides is 2. The van der Waals surface area contributed by atoms with Gasteiger partial charge in [-0.25, -0.2) is 9.78 Å². The van der Waals surface area contributed by atoms with Crippen molar-refractivity contribution < 1.29 is 24.2 Å². The van der Waals surface area contributed by atoms with Crippen molar-refractivity contribution >= 4 is 12.0 Å². The van der Waals surface area contributed by atoms with Crippen molar-refractivity contribution in [1.29, 1.82) is 0 Å². The Labute approximate surface area is 288 Å². The predicted octanol–water partition coefficient (Wildman–Crippen LogP) is 6.06. The van der Waals surface area contributed by atoms with Crippen molar-refractivity contribution in [3.63, 3.8) is 0 Å². The highest BCUT2D eigenvalue weighted by Crippen LogP contribution is 2.62. The molecule has 262 valence electrons. The Kier molecular flexibility index (Phi) is 9.15. The van der Waals surface area contributed by atoms with Gasteiger partial charge in [0.05, 0.1) is 62.3 Å². The number of hydrogen-bond donors (Lipinski definition) is 2. The molecule has 1 unspecified atom stereocenters. The van der Waals surface area contributed by atoms with E-state index in [1.54, 1.807) is 13.3 Å². The molecule has 0 spiro atoms. The van der Waals surface area contributed by atoms with E-state index in [0.29, 0.717) is 38.8 Å². The van der Waals surface area contributed by atoms with Crippen LogP contribution in [0.5, 0.6) is 5.75 Å². The van der Waals surface area contributed by atoms with Gasteiger partial charge >= 0.3 is 6.09 Å². The zero-order valence-electron chi connectivity index (χ0n) is 29.2. The van der Waals surface area contributed by atoms with Crippen LogP contribution in [0.15, 0.2) is 43.0 Å². The predicted molar refractivity (Wildman–Crippen MR) is 184 cm³/mol. The molecule has 1 atom stereocenters. The number of aliphatic hydroxyl groups excluding tert-OH is 1. The molecule has 49 heavy (non-hydrogen) atoms. The molecule has 11 nitrogen and oxygen atoms in total. The molecule has 1 saturated heterocycles. The Morgan fingerprint density at radius 1 is 1.00 bits per heavy atom. The Balaban J connectivity index is 1.10. The van der Waals surface area contributed by atoms with Gasteiger partial charge < -0.3 is 24.8 Å². The van der Waals surface area contributed by atoms with E-state index >= 15 is 0 Å². The molecule has 5 fully saturated rings. The first-order valence-electron chi connectivity index (χ1n) is 18.0. The number of carbonyl (C=O) groups is 2. The molecule has 3 heterocycles. The molecule has 3 aromatic rings. The topological polar surface area (TPSA) is 132 Å². The highest BCUT2D eigenvalue weighted by Gasteiger charge is 2.54. The molecule has 2 amide bonds. The first-order chi connectivity index (χ1) is 23.6. The fourth-order valence-corrected chi connectivity index (χ4v) is 8.77. The monoisotopic (exact) mass is 670 g/mol. The standard InChI is InChI=1S/C38H50N6O5/c1-24(2)44-21-27(18-40-44)31-19-39-20-32(41-31)34(42-35(46)26-5-8-30(9-6-26)49-36(47)43-22-29(45)23-43)38-14-11-37(12-15-38,13-16-38)28-7-10-33(48-4)25(3)17-28/h7,10,17-21,24,26,29-30,34,45H,5-6,8-9,11-16,22-23H2,1-4H3,(H,42,46). The van der Waals surface area contributed by atoms with Crippen molar-refractivity contribution in [2.45, 2.75) is 115 Å². The summed E-state index contributed by atoms with van der Waals surface area (Å²) in [7, 11) is 1.72. The minimum absolute atomic E-state index is 0.0445. The molecular weight excluding hydrogens is 620 g/mol. The lowest BCUT2D eigenvalue weighted by atomic mass is 9.49. The Morgan fingerprint density at radius 2 is 1.71 bits per heavy atom. The molecule has 2 bridgehead atoms. The normalized spacial score (nSPS) is 27.4. The zero-order chi connectivity index (χ0) is 34.3. The van der Waals surface area contributed by atoms with Crippen LogP contribution in [0.25, 0.3) is 11.3 Å². The lowest BCUT2D eigenvalue weighted by Crippen LogP contribution is -2.54. The van der Waals surface area contributed by atoms with E-state index < -0.39 is 6.10 Å².